The van der Waals surface area contributed by atoms with E-state index < -0.39 is 0 Å². The number of likely N-dealkylation sites (N-methyl/N-ethyl adjacent to an activating group) is 1. The number of aromatic nitrogens is 6. The van der Waals surface area contributed by atoms with Crippen LogP contribution in [-0.4, -0.2) is 26.6 Å². The van der Waals surface area contributed by atoms with Gasteiger partial charge in [-0.3, -0.25) is 0 Å². The predicted octanol–water partition coefficient (Wildman–Crippen LogP) is 7.97. The molecule has 7 nitrogen and oxygen atoms in total. The Hall–Kier alpha value is -6.34. The van der Waals surface area contributed by atoms with Crippen molar-refractivity contribution in [1.29, 1.82) is 0 Å². The molecule has 1 aliphatic heterocycles. The molecule has 0 fully saturated rings. The Morgan fingerprint density at radius 2 is 0.980 bits per heavy atom. The molecule has 7 aromatic rings. The zero-order valence-corrected chi connectivity index (χ0v) is 29.6. The van der Waals surface area contributed by atoms with Crippen molar-refractivity contribution < 1.29 is 9.13 Å². The van der Waals surface area contributed by atoms with Gasteiger partial charge in [0.1, 0.15) is 28.3 Å². The second kappa shape index (κ2) is 12.8. The lowest BCUT2D eigenvalue weighted by atomic mass is 9.83. The first-order chi connectivity index (χ1) is 24.8. The van der Waals surface area contributed by atoms with Crippen LogP contribution in [-0.2, 0) is 5.41 Å². The summed E-state index contributed by atoms with van der Waals surface area (Å²) in [5.74, 6) is 3.49. The van der Waals surface area contributed by atoms with E-state index in [1.165, 1.54) is 16.9 Å². The maximum absolute atomic E-state index is 5.43. The highest BCUT2D eigenvalue weighted by molar-refractivity contribution is 5.74. The fourth-order valence-corrected chi connectivity index (χ4v) is 7.38. The number of fused-ring (bicyclic) bond motifs is 1. The molecule has 0 saturated heterocycles. The van der Waals surface area contributed by atoms with E-state index in [1.54, 1.807) is 0 Å². The number of allylic oxidation sites excluding steroid dienone is 3. The second-order valence-electron chi connectivity index (χ2n) is 13.4. The van der Waals surface area contributed by atoms with Gasteiger partial charge in [0, 0.05) is 37.7 Å². The molecule has 51 heavy (non-hydrogen) atoms. The van der Waals surface area contributed by atoms with Crippen molar-refractivity contribution in [2.45, 2.75) is 33.1 Å². The van der Waals surface area contributed by atoms with Crippen molar-refractivity contribution >= 4 is 11.3 Å². The number of para-hydroxylation sites is 5. The van der Waals surface area contributed by atoms with E-state index in [0.717, 1.165) is 51.6 Å². The number of hydrogen-bond donors (Lipinski definition) is 0. The van der Waals surface area contributed by atoms with Gasteiger partial charge in [-0.15, -0.1) is 0 Å². The third kappa shape index (κ3) is 5.47. The third-order valence-corrected chi connectivity index (χ3v) is 9.93. The lowest BCUT2D eigenvalue weighted by Gasteiger charge is -2.23. The van der Waals surface area contributed by atoms with Crippen LogP contribution in [0, 0.1) is 13.8 Å². The van der Waals surface area contributed by atoms with Crippen LogP contribution in [0.5, 0.6) is 0 Å². The van der Waals surface area contributed by atoms with Crippen LogP contribution in [0.1, 0.15) is 42.7 Å². The molecule has 0 spiro atoms. The van der Waals surface area contributed by atoms with Gasteiger partial charge in [-0.05, 0) is 72.3 Å². The van der Waals surface area contributed by atoms with Gasteiger partial charge in [0.25, 0.3) is 0 Å². The summed E-state index contributed by atoms with van der Waals surface area (Å²) in [6.45, 7) is 8.84. The van der Waals surface area contributed by atoms with E-state index >= 15 is 0 Å². The van der Waals surface area contributed by atoms with Gasteiger partial charge in [0.15, 0.2) is 0 Å². The molecule has 0 radical (unpaired) electrons. The number of benzene rings is 5. The van der Waals surface area contributed by atoms with Crippen molar-refractivity contribution in [3.05, 3.63) is 192 Å². The SMILES string of the molecule is Cc1n(-c2ccccc2)nc(C(=CC=C2N(C)c3ccccc3C2(C)C)c2nn(-c3ccccc3)c(C)[n+]2-c2ccccc2)[n+]1-c1ccccc1. The van der Waals surface area contributed by atoms with Crippen LogP contribution in [0.2, 0.25) is 0 Å². The lowest BCUT2D eigenvalue weighted by molar-refractivity contribution is -0.613. The summed E-state index contributed by atoms with van der Waals surface area (Å²) in [6.07, 6.45) is 4.47. The van der Waals surface area contributed by atoms with Crippen molar-refractivity contribution in [2.24, 2.45) is 0 Å². The second-order valence-corrected chi connectivity index (χ2v) is 13.4. The van der Waals surface area contributed by atoms with Crippen molar-refractivity contribution in [3.63, 3.8) is 0 Å². The lowest BCUT2D eigenvalue weighted by Crippen LogP contribution is -2.40. The molecule has 0 bridgehead atoms. The van der Waals surface area contributed by atoms with Crippen molar-refractivity contribution in [3.8, 4) is 22.7 Å². The van der Waals surface area contributed by atoms with Gasteiger partial charge < -0.3 is 4.90 Å². The summed E-state index contributed by atoms with van der Waals surface area (Å²) in [7, 11) is 2.16. The van der Waals surface area contributed by atoms with E-state index in [-0.39, 0.29) is 5.41 Å². The smallest absolute Gasteiger partial charge is 0.321 e. The molecule has 3 heterocycles. The summed E-state index contributed by atoms with van der Waals surface area (Å²) >= 11 is 0. The maximum Gasteiger partial charge on any atom is 0.321 e. The normalized spacial score (nSPS) is 14.1. The quantitative estimate of drug-likeness (QED) is 0.162. The van der Waals surface area contributed by atoms with Gasteiger partial charge in [0.2, 0.25) is 11.6 Å². The van der Waals surface area contributed by atoms with Crippen LogP contribution in [0.3, 0.4) is 0 Å². The molecule has 5 aromatic carbocycles. The molecule has 0 unspecified atom stereocenters. The molecular weight excluding hydrogens is 627 g/mol. The fourth-order valence-electron chi connectivity index (χ4n) is 7.38. The molecule has 2 aromatic heterocycles. The molecule has 7 heteroatoms. The topological polar surface area (TPSA) is 46.6 Å². The van der Waals surface area contributed by atoms with E-state index in [4.69, 9.17) is 10.2 Å². The third-order valence-electron chi connectivity index (χ3n) is 9.93. The Morgan fingerprint density at radius 1 is 0.569 bits per heavy atom. The van der Waals surface area contributed by atoms with Crippen LogP contribution >= 0.6 is 0 Å². The van der Waals surface area contributed by atoms with E-state index in [0.29, 0.717) is 0 Å². The van der Waals surface area contributed by atoms with E-state index in [1.807, 2.05) is 57.9 Å². The highest BCUT2D eigenvalue weighted by atomic mass is 15.4. The summed E-state index contributed by atoms with van der Waals surface area (Å²) in [6, 6.07) is 50.2. The maximum atomic E-state index is 5.43. The minimum Gasteiger partial charge on any atom is -0.347 e. The number of hydrogen-bond acceptors (Lipinski definition) is 3. The zero-order chi connectivity index (χ0) is 35.1. The van der Waals surface area contributed by atoms with Crippen molar-refractivity contribution in [1.82, 2.24) is 19.6 Å². The highest BCUT2D eigenvalue weighted by Crippen LogP contribution is 2.46. The van der Waals surface area contributed by atoms with Crippen LogP contribution in [0.4, 0.5) is 5.69 Å². The van der Waals surface area contributed by atoms with Gasteiger partial charge in [-0.25, -0.2) is 0 Å². The molecule has 8 rings (SSSR count). The Labute approximate surface area is 299 Å². The molecule has 0 N–H and O–H groups in total. The summed E-state index contributed by atoms with van der Waals surface area (Å²) in [5, 5.41) is 10.9. The predicted molar refractivity (Wildman–Crippen MR) is 203 cm³/mol. The van der Waals surface area contributed by atoms with Crippen LogP contribution < -0.4 is 14.0 Å². The number of nitrogens with zero attached hydrogens (tertiary/aromatic N) is 7. The summed E-state index contributed by atoms with van der Waals surface area (Å²) in [4.78, 5) is 2.31. The van der Waals surface area contributed by atoms with Gasteiger partial charge >= 0.3 is 11.6 Å². The highest BCUT2D eigenvalue weighted by Gasteiger charge is 2.40. The van der Waals surface area contributed by atoms with E-state index in [9.17, 15) is 0 Å². The molecule has 0 aliphatic carbocycles. The van der Waals surface area contributed by atoms with Crippen LogP contribution in [0.15, 0.2) is 163 Å². The molecular formula is C44H41N7+2. The molecule has 0 saturated carbocycles. The van der Waals surface area contributed by atoms with E-state index in [2.05, 4.69) is 158 Å². The number of anilines is 1. The van der Waals surface area contributed by atoms with Crippen LogP contribution in [0.25, 0.3) is 28.3 Å². The molecule has 250 valence electrons. The first-order valence-corrected chi connectivity index (χ1v) is 17.4. The molecule has 0 atom stereocenters. The summed E-state index contributed by atoms with van der Waals surface area (Å²) < 4.78 is 8.53. The minimum absolute atomic E-state index is 0.212. The Bertz CT molecular complexity index is 2270. The largest absolute Gasteiger partial charge is 0.347 e. The zero-order valence-electron chi connectivity index (χ0n) is 29.6. The van der Waals surface area contributed by atoms with Gasteiger partial charge in [-0.2, -0.15) is 9.13 Å². The average molecular weight is 668 g/mol. The standard InChI is InChI=1S/C44H41N7/c1-32-48(34-20-10-6-11-21-34)42(45-50(32)36-24-14-8-15-25-36)38(30-31-41-44(3,4)39-28-18-19-29-40(39)47(41)5)43-46-51(37-26-16-9-17-27-37)33(2)49(43)35-22-12-7-13-23-35/h6-31H,1-5H3/q+2. The molecule has 1 aliphatic rings. The fraction of sp³-hybridized carbons (Fsp3) is 0.136. The Kier molecular flexibility index (Phi) is 8.03. The first kappa shape index (κ1) is 31.9. The average Bonchev–Trinajstić information content (AvgIpc) is 3.76. The van der Waals surface area contributed by atoms with Gasteiger partial charge in [-0.1, -0.05) is 114 Å². The molecule has 0 amide bonds. The minimum atomic E-state index is -0.212. The summed E-state index contributed by atoms with van der Waals surface area (Å²) in [5.41, 5.74) is 8.38. The number of rotatable bonds is 7. The van der Waals surface area contributed by atoms with Gasteiger partial charge in [0.05, 0.1) is 10.2 Å². The monoisotopic (exact) mass is 667 g/mol. The Balaban J connectivity index is 1.46. The Morgan fingerprint density at radius 3 is 1.43 bits per heavy atom. The first-order valence-electron chi connectivity index (χ1n) is 17.4. The van der Waals surface area contributed by atoms with Crippen molar-refractivity contribution in [2.75, 3.05) is 11.9 Å².